The standard InChI is InChI=1S/C7H14FN/c1-5(2)7-3-6(8)4-9-7/h5-7,9H,3-4H2,1-2H3. The molecule has 0 aromatic carbocycles. The van der Waals surface area contributed by atoms with E-state index < -0.39 is 6.17 Å². The fourth-order valence-electron chi connectivity index (χ4n) is 1.23. The average Bonchev–Trinajstić information content (AvgIpc) is 2.14. The zero-order chi connectivity index (χ0) is 6.85. The van der Waals surface area contributed by atoms with Crippen molar-refractivity contribution >= 4 is 0 Å². The summed E-state index contributed by atoms with van der Waals surface area (Å²) in [6, 6.07) is 0.417. The maximum atomic E-state index is 12.5. The minimum absolute atomic E-state index is 0.417. The lowest BCUT2D eigenvalue weighted by atomic mass is 10.0. The Morgan fingerprint density at radius 1 is 1.56 bits per heavy atom. The van der Waals surface area contributed by atoms with Gasteiger partial charge in [-0.15, -0.1) is 0 Å². The number of alkyl halides is 1. The number of nitrogens with one attached hydrogen (secondary N) is 1. The van der Waals surface area contributed by atoms with E-state index in [1.807, 2.05) is 0 Å². The Morgan fingerprint density at radius 2 is 2.22 bits per heavy atom. The van der Waals surface area contributed by atoms with Crippen LogP contribution in [0.2, 0.25) is 0 Å². The molecule has 1 rings (SSSR count). The molecule has 0 radical (unpaired) electrons. The maximum absolute atomic E-state index is 12.5. The van der Waals surface area contributed by atoms with Crippen molar-refractivity contribution in [3.63, 3.8) is 0 Å². The summed E-state index contributed by atoms with van der Waals surface area (Å²) < 4.78 is 12.5. The van der Waals surface area contributed by atoms with Gasteiger partial charge in [-0.3, -0.25) is 0 Å². The molecule has 1 fully saturated rings. The lowest BCUT2D eigenvalue weighted by molar-refractivity contribution is 0.344. The van der Waals surface area contributed by atoms with Crippen LogP contribution >= 0.6 is 0 Å². The van der Waals surface area contributed by atoms with E-state index in [9.17, 15) is 4.39 Å². The van der Waals surface area contributed by atoms with E-state index in [0.717, 1.165) is 0 Å². The van der Waals surface area contributed by atoms with Crippen molar-refractivity contribution in [2.75, 3.05) is 6.54 Å². The molecule has 2 unspecified atom stereocenters. The highest BCUT2D eigenvalue weighted by atomic mass is 19.1. The van der Waals surface area contributed by atoms with Crippen LogP contribution in [0.4, 0.5) is 4.39 Å². The molecule has 0 aliphatic carbocycles. The summed E-state index contributed by atoms with van der Waals surface area (Å²) in [6.45, 7) is 4.80. The van der Waals surface area contributed by atoms with Gasteiger partial charge in [-0.25, -0.2) is 4.39 Å². The fourth-order valence-corrected chi connectivity index (χ4v) is 1.23. The Morgan fingerprint density at radius 3 is 2.44 bits per heavy atom. The smallest absolute Gasteiger partial charge is 0.114 e. The number of hydrogen-bond donors (Lipinski definition) is 1. The molecular formula is C7H14FN. The van der Waals surface area contributed by atoms with Crippen LogP contribution in [0.15, 0.2) is 0 Å². The van der Waals surface area contributed by atoms with E-state index in [0.29, 0.717) is 24.9 Å². The van der Waals surface area contributed by atoms with Gasteiger partial charge in [-0.2, -0.15) is 0 Å². The second kappa shape index (κ2) is 2.65. The number of halogens is 1. The summed E-state index contributed by atoms with van der Waals surface area (Å²) in [4.78, 5) is 0. The zero-order valence-electron chi connectivity index (χ0n) is 6.02. The molecule has 0 aromatic rings. The molecule has 1 N–H and O–H groups in total. The maximum Gasteiger partial charge on any atom is 0.114 e. The van der Waals surface area contributed by atoms with Crippen LogP contribution in [0.5, 0.6) is 0 Å². The molecule has 54 valence electrons. The third kappa shape index (κ3) is 1.65. The van der Waals surface area contributed by atoms with Crippen LogP contribution < -0.4 is 5.32 Å². The monoisotopic (exact) mass is 131 g/mol. The minimum atomic E-state index is -0.600. The molecule has 1 aliphatic rings. The highest BCUT2D eigenvalue weighted by Crippen LogP contribution is 2.16. The van der Waals surface area contributed by atoms with Crippen LogP contribution in [0, 0.1) is 5.92 Å². The van der Waals surface area contributed by atoms with Crippen LogP contribution in [0.3, 0.4) is 0 Å². The molecule has 1 aliphatic heterocycles. The summed E-state index contributed by atoms with van der Waals surface area (Å²) in [6.07, 6.45) is 0.106. The van der Waals surface area contributed by atoms with Crippen molar-refractivity contribution in [3.05, 3.63) is 0 Å². The van der Waals surface area contributed by atoms with Crippen LogP contribution in [0.25, 0.3) is 0 Å². The van der Waals surface area contributed by atoms with E-state index >= 15 is 0 Å². The minimum Gasteiger partial charge on any atom is -0.311 e. The largest absolute Gasteiger partial charge is 0.311 e. The number of hydrogen-bond acceptors (Lipinski definition) is 1. The van der Waals surface area contributed by atoms with Crippen LogP contribution in [0.1, 0.15) is 20.3 Å². The fraction of sp³-hybridized carbons (Fsp3) is 1.00. The first-order valence-electron chi connectivity index (χ1n) is 3.57. The van der Waals surface area contributed by atoms with Gasteiger partial charge in [0.2, 0.25) is 0 Å². The Labute approximate surface area is 55.6 Å². The van der Waals surface area contributed by atoms with Crippen molar-refractivity contribution in [3.8, 4) is 0 Å². The Kier molecular flexibility index (Phi) is 2.06. The first-order valence-corrected chi connectivity index (χ1v) is 3.57. The van der Waals surface area contributed by atoms with Gasteiger partial charge in [0.05, 0.1) is 0 Å². The van der Waals surface area contributed by atoms with Gasteiger partial charge < -0.3 is 5.32 Å². The molecule has 2 heteroatoms. The predicted molar refractivity (Wildman–Crippen MR) is 36.1 cm³/mol. The number of rotatable bonds is 1. The SMILES string of the molecule is CC(C)C1CC(F)CN1. The first-order chi connectivity index (χ1) is 4.20. The summed E-state index contributed by atoms with van der Waals surface area (Å²) in [5.74, 6) is 0.575. The summed E-state index contributed by atoms with van der Waals surface area (Å²) in [7, 11) is 0. The normalized spacial score (nSPS) is 36.0. The van der Waals surface area contributed by atoms with Gasteiger partial charge in [0.1, 0.15) is 6.17 Å². The molecule has 0 aromatic heterocycles. The Hall–Kier alpha value is -0.110. The Bertz CT molecular complexity index is 92.9. The molecule has 1 heterocycles. The van der Waals surface area contributed by atoms with E-state index in [4.69, 9.17) is 0 Å². The van der Waals surface area contributed by atoms with Gasteiger partial charge in [0, 0.05) is 12.6 Å². The quantitative estimate of drug-likeness (QED) is 0.566. The van der Waals surface area contributed by atoms with E-state index in [1.165, 1.54) is 0 Å². The van der Waals surface area contributed by atoms with Crippen molar-refractivity contribution in [1.29, 1.82) is 0 Å². The predicted octanol–water partition coefficient (Wildman–Crippen LogP) is 1.34. The average molecular weight is 131 g/mol. The molecule has 9 heavy (non-hydrogen) atoms. The van der Waals surface area contributed by atoms with Crippen molar-refractivity contribution in [2.24, 2.45) is 5.92 Å². The molecule has 1 saturated heterocycles. The highest BCUT2D eigenvalue weighted by molar-refractivity contribution is 4.82. The van der Waals surface area contributed by atoms with Gasteiger partial charge in [-0.1, -0.05) is 13.8 Å². The second-order valence-corrected chi connectivity index (χ2v) is 3.09. The molecule has 0 amide bonds. The van der Waals surface area contributed by atoms with Crippen molar-refractivity contribution in [2.45, 2.75) is 32.5 Å². The topological polar surface area (TPSA) is 12.0 Å². The third-order valence-electron chi connectivity index (χ3n) is 1.92. The van der Waals surface area contributed by atoms with Gasteiger partial charge in [0.25, 0.3) is 0 Å². The summed E-state index contributed by atoms with van der Waals surface area (Å²) >= 11 is 0. The van der Waals surface area contributed by atoms with Crippen molar-refractivity contribution < 1.29 is 4.39 Å². The lowest BCUT2D eigenvalue weighted by Crippen LogP contribution is -2.26. The molecular weight excluding hydrogens is 117 g/mol. The third-order valence-corrected chi connectivity index (χ3v) is 1.92. The second-order valence-electron chi connectivity index (χ2n) is 3.09. The van der Waals surface area contributed by atoms with Gasteiger partial charge >= 0.3 is 0 Å². The molecule has 2 atom stereocenters. The molecule has 0 saturated carbocycles. The zero-order valence-corrected chi connectivity index (χ0v) is 6.02. The lowest BCUT2D eigenvalue weighted by Gasteiger charge is -2.12. The van der Waals surface area contributed by atoms with Gasteiger partial charge in [0.15, 0.2) is 0 Å². The molecule has 1 nitrogen and oxygen atoms in total. The summed E-state index contributed by atoms with van der Waals surface area (Å²) in [5.41, 5.74) is 0. The van der Waals surface area contributed by atoms with E-state index in [1.54, 1.807) is 0 Å². The van der Waals surface area contributed by atoms with E-state index in [-0.39, 0.29) is 0 Å². The first kappa shape index (κ1) is 7.00. The van der Waals surface area contributed by atoms with Gasteiger partial charge in [-0.05, 0) is 12.3 Å². The highest BCUT2D eigenvalue weighted by Gasteiger charge is 2.25. The van der Waals surface area contributed by atoms with Crippen molar-refractivity contribution in [1.82, 2.24) is 5.32 Å². The molecule has 0 spiro atoms. The van der Waals surface area contributed by atoms with Crippen LogP contribution in [-0.2, 0) is 0 Å². The summed E-state index contributed by atoms with van der Waals surface area (Å²) in [5, 5.41) is 3.13. The van der Waals surface area contributed by atoms with E-state index in [2.05, 4.69) is 19.2 Å². The Balaban J connectivity index is 2.30. The van der Waals surface area contributed by atoms with Crippen LogP contribution in [-0.4, -0.2) is 18.8 Å². The molecule has 0 bridgehead atoms.